The minimum absolute atomic E-state index is 0.466. The Morgan fingerprint density at radius 2 is 1.75 bits per heavy atom. The Kier molecular flexibility index (Phi) is 5.06. The van der Waals surface area contributed by atoms with Crippen molar-refractivity contribution in [2.45, 2.75) is 63.7 Å². The summed E-state index contributed by atoms with van der Waals surface area (Å²) in [6.07, 6.45) is 10.9. The molecule has 1 fully saturated rings. The van der Waals surface area contributed by atoms with Crippen LogP contribution >= 0.6 is 11.6 Å². The van der Waals surface area contributed by atoms with Crippen LogP contribution in [0.3, 0.4) is 0 Å². The van der Waals surface area contributed by atoms with Crippen LogP contribution in [0.25, 0.3) is 0 Å². The molecule has 0 N–H and O–H groups in total. The monoisotopic (exact) mass is 188 g/mol. The van der Waals surface area contributed by atoms with E-state index in [0.29, 0.717) is 5.38 Å². The van der Waals surface area contributed by atoms with Crippen LogP contribution in [0.15, 0.2) is 0 Å². The zero-order valence-corrected chi connectivity index (χ0v) is 8.95. The van der Waals surface area contributed by atoms with Gasteiger partial charge in [-0.3, -0.25) is 0 Å². The first-order valence-corrected chi connectivity index (χ1v) is 5.92. The van der Waals surface area contributed by atoms with Gasteiger partial charge in [-0.2, -0.15) is 0 Å². The summed E-state index contributed by atoms with van der Waals surface area (Å²) in [5.41, 5.74) is 0. The van der Waals surface area contributed by atoms with Gasteiger partial charge in [-0.1, -0.05) is 39.0 Å². The van der Waals surface area contributed by atoms with Crippen molar-refractivity contribution in [1.82, 2.24) is 0 Å². The fourth-order valence-corrected chi connectivity index (χ4v) is 2.65. The summed E-state index contributed by atoms with van der Waals surface area (Å²) in [5, 5.41) is 0.466. The molecule has 0 radical (unpaired) electrons. The van der Waals surface area contributed by atoms with E-state index in [-0.39, 0.29) is 0 Å². The van der Waals surface area contributed by atoms with E-state index in [0.717, 1.165) is 5.92 Å². The lowest BCUT2D eigenvalue weighted by atomic mass is 9.94. The van der Waals surface area contributed by atoms with Crippen molar-refractivity contribution in [3.8, 4) is 0 Å². The quantitative estimate of drug-likeness (QED) is 0.456. The first kappa shape index (κ1) is 10.4. The lowest BCUT2D eigenvalue weighted by Crippen LogP contribution is -2.13. The van der Waals surface area contributed by atoms with Crippen molar-refractivity contribution in [1.29, 1.82) is 0 Å². The lowest BCUT2D eigenvalue weighted by Gasteiger charge is -2.19. The van der Waals surface area contributed by atoms with Gasteiger partial charge in [-0.15, -0.1) is 11.6 Å². The van der Waals surface area contributed by atoms with Gasteiger partial charge in [0.25, 0.3) is 0 Å². The first-order valence-electron chi connectivity index (χ1n) is 5.48. The number of rotatable bonds is 3. The molecule has 0 aromatic rings. The summed E-state index contributed by atoms with van der Waals surface area (Å²) in [5.74, 6) is 0.828. The maximum atomic E-state index is 6.33. The first-order chi connectivity index (χ1) is 5.84. The van der Waals surface area contributed by atoms with Gasteiger partial charge < -0.3 is 0 Å². The average Bonchev–Trinajstić information content (AvgIpc) is 2.32. The maximum Gasteiger partial charge on any atom is 0.0364 e. The molecule has 1 saturated carbocycles. The SMILES string of the molecule is CCCC(Cl)C1CCCCCC1. The van der Waals surface area contributed by atoms with E-state index in [1.807, 2.05) is 0 Å². The molecule has 72 valence electrons. The predicted molar refractivity (Wildman–Crippen MR) is 55.7 cm³/mol. The second kappa shape index (κ2) is 5.85. The number of hydrogen-bond acceptors (Lipinski definition) is 0. The van der Waals surface area contributed by atoms with Crippen molar-refractivity contribution in [2.75, 3.05) is 0 Å². The molecule has 0 aromatic heterocycles. The Bertz CT molecular complexity index is 104. The van der Waals surface area contributed by atoms with Crippen LogP contribution in [-0.2, 0) is 0 Å². The van der Waals surface area contributed by atoms with Crippen LogP contribution in [0.5, 0.6) is 0 Å². The van der Waals surface area contributed by atoms with Crippen LogP contribution in [0, 0.1) is 5.92 Å². The minimum Gasteiger partial charge on any atom is -0.123 e. The van der Waals surface area contributed by atoms with Gasteiger partial charge in [0.2, 0.25) is 0 Å². The van der Waals surface area contributed by atoms with Crippen molar-refractivity contribution < 1.29 is 0 Å². The van der Waals surface area contributed by atoms with Crippen molar-refractivity contribution >= 4 is 11.6 Å². The van der Waals surface area contributed by atoms with E-state index in [4.69, 9.17) is 11.6 Å². The van der Waals surface area contributed by atoms with Gasteiger partial charge in [0.05, 0.1) is 0 Å². The maximum absolute atomic E-state index is 6.33. The van der Waals surface area contributed by atoms with E-state index in [1.165, 1.54) is 51.4 Å². The normalized spacial score (nSPS) is 23.5. The molecule has 0 bridgehead atoms. The summed E-state index contributed by atoms with van der Waals surface area (Å²) >= 11 is 6.33. The highest BCUT2D eigenvalue weighted by molar-refractivity contribution is 6.20. The Hall–Kier alpha value is 0.290. The third kappa shape index (κ3) is 3.35. The zero-order valence-electron chi connectivity index (χ0n) is 8.19. The Morgan fingerprint density at radius 1 is 1.17 bits per heavy atom. The summed E-state index contributed by atoms with van der Waals surface area (Å²) in [4.78, 5) is 0. The van der Waals surface area contributed by atoms with E-state index in [9.17, 15) is 0 Å². The molecule has 1 aliphatic carbocycles. The Balaban J connectivity index is 2.27. The van der Waals surface area contributed by atoms with Gasteiger partial charge in [-0.05, 0) is 25.2 Å². The molecule has 0 heterocycles. The molecule has 0 nitrogen and oxygen atoms in total. The molecular weight excluding hydrogens is 168 g/mol. The van der Waals surface area contributed by atoms with Crippen LogP contribution in [0.2, 0.25) is 0 Å². The minimum atomic E-state index is 0.466. The molecule has 0 spiro atoms. The summed E-state index contributed by atoms with van der Waals surface area (Å²) < 4.78 is 0. The smallest absolute Gasteiger partial charge is 0.0364 e. The van der Waals surface area contributed by atoms with Crippen molar-refractivity contribution in [3.63, 3.8) is 0 Å². The summed E-state index contributed by atoms with van der Waals surface area (Å²) in [6, 6.07) is 0. The molecule has 1 atom stereocenters. The predicted octanol–water partition coefficient (Wildman–Crippen LogP) is 4.36. The molecule has 0 aliphatic heterocycles. The summed E-state index contributed by atoms with van der Waals surface area (Å²) in [6.45, 7) is 2.23. The second-order valence-corrected chi connectivity index (χ2v) is 4.62. The highest BCUT2D eigenvalue weighted by Crippen LogP contribution is 2.30. The highest BCUT2D eigenvalue weighted by Gasteiger charge is 2.19. The van der Waals surface area contributed by atoms with Crippen LogP contribution < -0.4 is 0 Å². The molecule has 1 heteroatoms. The lowest BCUT2D eigenvalue weighted by molar-refractivity contribution is 0.421. The molecule has 1 unspecified atom stereocenters. The average molecular weight is 189 g/mol. The van der Waals surface area contributed by atoms with Gasteiger partial charge in [-0.25, -0.2) is 0 Å². The van der Waals surface area contributed by atoms with Gasteiger partial charge >= 0.3 is 0 Å². The van der Waals surface area contributed by atoms with Crippen LogP contribution in [-0.4, -0.2) is 5.38 Å². The van der Waals surface area contributed by atoms with Crippen molar-refractivity contribution in [2.24, 2.45) is 5.92 Å². The second-order valence-electron chi connectivity index (χ2n) is 4.06. The van der Waals surface area contributed by atoms with Gasteiger partial charge in [0, 0.05) is 5.38 Å². The molecular formula is C11H21Cl. The molecule has 0 aromatic carbocycles. The third-order valence-electron chi connectivity index (χ3n) is 2.98. The number of alkyl halides is 1. The number of hydrogen-bond donors (Lipinski definition) is 0. The van der Waals surface area contributed by atoms with Crippen molar-refractivity contribution in [3.05, 3.63) is 0 Å². The molecule has 0 saturated heterocycles. The molecule has 12 heavy (non-hydrogen) atoms. The molecule has 1 rings (SSSR count). The molecule has 0 amide bonds. The summed E-state index contributed by atoms with van der Waals surface area (Å²) in [7, 11) is 0. The number of halogens is 1. The van der Waals surface area contributed by atoms with E-state index < -0.39 is 0 Å². The zero-order chi connectivity index (χ0) is 8.81. The van der Waals surface area contributed by atoms with Crippen LogP contribution in [0.4, 0.5) is 0 Å². The van der Waals surface area contributed by atoms with E-state index >= 15 is 0 Å². The Morgan fingerprint density at radius 3 is 2.25 bits per heavy atom. The highest BCUT2D eigenvalue weighted by atomic mass is 35.5. The fourth-order valence-electron chi connectivity index (χ4n) is 2.18. The van der Waals surface area contributed by atoms with E-state index in [1.54, 1.807) is 0 Å². The van der Waals surface area contributed by atoms with Crippen LogP contribution in [0.1, 0.15) is 58.3 Å². The third-order valence-corrected chi connectivity index (χ3v) is 3.55. The Labute approximate surface area is 81.7 Å². The largest absolute Gasteiger partial charge is 0.123 e. The van der Waals surface area contributed by atoms with Gasteiger partial charge in [0.15, 0.2) is 0 Å². The standard InChI is InChI=1S/C11H21Cl/c1-2-7-11(12)10-8-5-3-4-6-9-10/h10-11H,2-9H2,1H3. The fraction of sp³-hybridized carbons (Fsp3) is 1.00. The topological polar surface area (TPSA) is 0 Å². The van der Waals surface area contributed by atoms with Gasteiger partial charge in [0.1, 0.15) is 0 Å². The molecule has 1 aliphatic rings. The van der Waals surface area contributed by atoms with E-state index in [2.05, 4.69) is 6.92 Å².